The van der Waals surface area contributed by atoms with E-state index in [2.05, 4.69) is 38.5 Å². The van der Waals surface area contributed by atoms with Gasteiger partial charge in [0.05, 0.1) is 5.69 Å². The smallest absolute Gasteiger partial charge is 0.274 e. The number of pyridine rings is 2. The summed E-state index contributed by atoms with van der Waals surface area (Å²) >= 11 is 0. The van der Waals surface area contributed by atoms with Crippen LogP contribution in [0.15, 0.2) is 54.9 Å². The number of aromatic amines is 1. The number of carbonyl (C=O) groups excluding carboxylic acids is 1. The molecule has 0 bridgehead atoms. The van der Waals surface area contributed by atoms with Gasteiger partial charge in [-0.05, 0) is 35.6 Å². The molecule has 0 aliphatic rings. The van der Waals surface area contributed by atoms with Crippen LogP contribution in [0.5, 0.6) is 0 Å². The Morgan fingerprint density at radius 3 is 2.85 bits per heavy atom. The van der Waals surface area contributed by atoms with Crippen LogP contribution in [0.25, 0.3) is 22.0 Å². The molecule has 7 heteroatoms. The fourth-order valence-corrected chi connectivity index (χ4v) is 3.02. The molecular formula is C20H18N6O. The van der Waals surface area contributed by atoms with E-state index in [0.717, 1.165) is 28.5 Å². The van der Waals surface area contributed by atoms with E-state index >= 15 is 0 Å². The number of anilines is 2. The van der Waals surface area contributed by atoms with Crippen molar-refractivity contribution in [1.29, 1.82) is 0 Å². The molecule has 0 aliphatic heterocycles. The van der Waals surface area contributed by atoms with Gasteiger partial charge in [-0.15, -0.1) is 0 Å². The lowest BCUT2D eigenvalue weighted by Gasteiger charge is -2.11. The number of carbonyl (C=O) groups is 1. The minimum absolute atomic E-state index is 0.307. The van der Waals surface area contributed by atoms with Crippen molar-refractivity contribution in [3.8, 4) is 11.3 Å². The van der Waals surface area contributed by atoms with E-state index in [1.54, 1.807) is 18.3 Å². The summed E-state index contributed by atoms with van der Waals surface area (Å²) in [6.45, 7) is 2.11. The van der Waals surface area contributed by atoms with Crippen molar-refractivity contribution in [2.24, 2.45) is 0 Å². The van der Waals surface area contributed by atoms with E-state index in [1.807, 2.05) is 24.3 Å². The molecule has 27 heavy (non-hydrogen) atoms. The Morgan fingerprint density at radius 2 is 2.07 bits per heavy atom. The summed E-state index contributed by atoms with van der Waals surface area (Å²) in [5.74, 6) is 0.535. The number of aryl methyl sites for hydroxylation is 1. The van der Waals surface area contributed by atoms with E-state index in [9.17, 15) is 4.79 Å². The molecule has 0 aliphatic carbocycles. The second-order valence-electron chi connectivity index (χ2n) is 6.12. The fourth-order valence-electron chi connectivity index (χ4n) is 3.02. The first-order chi connectivity index (χ1) is 13.2. The van der Waals surface area contributed by atoms with Gasteiger partial charge in [-0.2, -0.15) is 5.10 Å². The quantitative estimate of drug-likeness (QED) is 0.518. The molecule has 0 unspecified atom stereocenters. The lowest BCUT2D eigenvalue weighted by Crippen LogP contribution is -2.13. The number of benzene rings is 1. The van der Waals surface area contributed by atoms with Crippen molar-refractivity contribution >= 4 is 28.3 Å². The number of nitrogens with zero attached hydrogens (tertiary/aromatic N) is 3. The average Bonchev–Trinajstić information content (AvgIpc) is 3.22. The summed E-state index contributed by atoms with van der Waals surface area (Å²) < 4.78 is 0. The van der Waals surface area contributed by atoms with E-state index < -0.39 is 0 Å². The summed E-state index contributed by atoms with van der Waals surface area (Å²) in [5, 5.41) is 10.8. The van der Waals surface area contributed by atoms with Crippen LogP contribution in [0.1, 0.15) is 23.0 Å². The molecule has 134 valence electrons. The minimum Gasteiger partial charge on any atom is -0.383 e. The Hall–Kier alpha value is -3.74. The van der Waals surface area contributed by atoms with Gasteiger partial charge in [0.25, 0.3) is 5.91 Å². The summed E-state index contributed by atoms with van der Waals surface area (Å²) in [6.07, 6.45) is 4.04. The van der Waals surface area contributed by atoms with Crippen molar-refractivity contribution in [3.63, 3.8) is 0 Å². The van der Waals surface area contributed by atoms with Gasteiger partial charge in [-0.1, -0.05) is 31.2 Å². The molecule has 4 N–H and O–H groups in total. The zero-order chi connectivity index (χ0) is 18.8. The molecular weight excluding hydrogens is 340 g/mol. The Morgan fingerprint density at radius 1 is 1.22 bits per heavy atom. The molecule has 3 aromatic heterocycles. The highest BCUT2D eigenvalue weighted by atomic mass is 16.2. The second-order valence-corrected chi connectivity index (χ2v) is 6.12. The third kappa shape index (κ3) is 3.22. The number of hydrogen-bond donors (Lipinski definition) is 3. The zero-order valence-electron chi connectivity index (χ0n) is 14.7. The maximum absolute atomic E-state index is 12.2. The first-order valence-corrected chi connectivity index (χ1v) is 8.61. The van der Waals surface area contributed by atoms with Crippen LogP contribution in [-0.2, 0) is 6.42 Å². The summed E-state index contributed by atoms with van der Waals surface area (Å²) in [7, 11) is 0. The van der Waals surface area contributed by atoms with Crippen LogP contribution < -0.4 is 11.1 Å². The largest absolute Gasteiger partial charge is 0.383 e. The van der Waals surface area contributed by atoms with Crippen molar-refractivity contribution in [2.75, 3.05) is 11.1 Å². The second kappa shape index (κ2) is 6.87. The number of nitrogens with one attached hydrogen (secondary N) is 2. The summed E-state index contributed by atoms with van der Waals surface area (Å²) in [4.78, 5) is 21.0. The van der Waals surface area contributed by atoms with Crippen LogP contribution in [-0.4, -0.2) is 26.1 Å². The highest BCUT2D eigenvalue weighted by Crippen LogP contribution is 2.29. The number of amides is 1. The van der Waals surface area contributed by atoms with Gasteiger partial charge in [0.15, 0.2) is 0 Å². The lowest BCUT2D eigenvalue weighted by molar-refractivity contribution is 0.102. The Balaban J connectivity index is 1.75. The lowest BCUT2D eigenvalue weighted by atomic mass is 10.0. The van der Waals surface area contributed by atoms with Crippen LogP contribution in [0, 0.1) is 0 Å². The minimum atomic E-state index is -0.307. The molecule has 7 nitrogen and oxygen atoms in total. The SMILES string of the molecule is CCc1ccccc1-c1cc2cc(NC(=O)c3ccn[nH]3)ncc2c(N)n1. The molecule has 0 fully saturated rings. The topological polar surface area (TPSA) is 110 Å². The van der Waals surface area contributed by atoms with Crippen LogP contribution in [0.4, 0.5) is 11.6 Å². The van der Waals surface area contributed by atoms with Gasteiger partial charge in [-0.3, -0.25) is 9.89 Å². The molecule has 4 aromatic rings. The van der Waals surface area contributed by atoms with Crippen LogP contribution in [0.3, 0.4) is 0 Å². The fraction of sp³-hybridized carbons (Fsp3) is 0.100. The average molecular weight is 358 g/mol. The number of aromatic nitrogens is 4. The van der Waals surface area contributed by atoms with Gasteiger partial charge < -0.3 is 11.1 Å². The standard InChI is InChI=1S/C20H18N6O/c1-2-12-5-3-4-6-14(12)17-9-13-10-18(22-11-15(13)19(21)24-17)25-20(27)16-7-8-23-26-16/h3-11H,2H2,1H3,(H2,21,24)(H,23,26)(H,22,25,27). The molecule has 4 rings (SSSR count). The Bertz CT molecular complexity index is 1120. The van der Waals surface area contributed by atoms with Gasteiger partial charge >= 0.3 is 0 Å². The van der Waals surface area contributed by atoms with E-state index in [-0.39, 0.29) is 5.91 Å². The highest BCUT2D eigenvalue weighted by Gasteiger charge is 2.12. The van der Waals surface area contributed by atoms with Gasteiger partial charge in [-0.25, -0.2) is 9.97 Å². The van der Waals surface area contributed by atoms with Crippen molar-refractivity contribution < 1.29 is 4.79 Å². The molecule has 0 radical (unpaired) electrons. The Labute approximate surface area is 155 Å². The normalized spacial score (nSPS) is 10.9. The van der Waals surface area contributed by atoms with Crippen molar-refractivity contribution in [3.05, 3.63) is 66.1 Å². The maximum atomic E-state index is 12.2. The van der Waals surface area contributed by atoms with E-state index in [4.69, 9.17) is 5.73 Å². The third-order valence-electron chi connectivity index (χ3n) is 4.41. The molecule has 3 heterocycles. The first-order valence-electron chi connectivity index (χ1n) is 8.61. The monoisotopic (exact) mass is 358 g/mol. The number of fused-ring (bicyclic) bond motifs is 1. The van der Waals surface area contributed by atoms with Gasteiger partial charge in [0.2, 0.25) is 0 Å². The molecule has 0 spiro atoms. The van der Waals surface area contributed by atoms with E-state index in [0.29, 0.717) is 17.3 Å². The highest BCUT2D eigenvalue weighted by molar-refractivity contribution is 6.03. The van der Waals surface area contributed by atoms with Gasteiger partial charge in [0.1, 0.15) is 17.3 Å². The van der Waals surface area contributed by atoms with Crippen molar-refractivity contribution in [2.45, 2.75) is 13.3 Å². The molecule has 0 atom stereocenters. The molecule has 0 saturated heterocycles. The Kier molecular flexibility index (Phi) is 4.25. The number of rotatable bonds is 4. The number of nitrogens with two attached hydrogens (primary N) is 1. The number of nitrogen functional groups attached to an aromatic ring is 1. The first kappa shape index (κ1) is 16.7. The van der Waals surface area contributed by atoms with Crippen LogP contribution in [0.2, 0.25) is 0 Å². The molecule has 1 amide bonds. The van der Waals surface area contributed by atoms with Crippen LogP contribution >= 0.6 is 0 Å². The third-order valence-corrected chi connectivity index (χ3v) is 4.41. The summed E-state index contributed by atoms with van der Waals surface area (Å²) in [5.41, 5.74) is 9.58. The van der Waals surface area contributed by atoms with E-state index in [1.165, 1.54) is 11.8 Å². The predicted molar refractivity (Wildman–Crippen MR) is 105 cm³/mol. The molecule has 0 saturated carbocycles. The number of H-pyrrole nitrogens is 1. The zero-order valence-corrected chi connectivity index (χ0v) is 14.7. The number of hydrogen-bond acceptors (Lipinski definition) is 5. The predicted octanol–water partition coefficient (Wildman–Crippen LogP) is 3.42. The van der Waals surface area contributed by atoms with Gasteiger partial charge in [0, 0.05) is 23.3 Å². The maximum Gasteiger partial charge on any atom is 0.274 e. The summed E-state index contributed by atoms with van der Waals surface area (Å²) in [6, 6.07) is 13.5. The van der Waals surface area contributed by atoms with Crippen molar-refractivity contribution in [1.82, 2.24) is 20.2 Å². The molecule has 1 aromatic carbocycles.